The molecule has 1 aliphatic rings. The summed E-state index contributed by atoms with van der Waals surface area (Å²) in [6.07, 6.45) is 6.42. The van der Waals surface area contributed by atoms with Gasteiger partial charge in [-0.05, 0) is 36.0 Å². The van der Waals surface area contributed by atoms with Crippen LogP contribution in [0.3, 0.4) is 0 Å². The Hall–Kier alpha value is -0.850. The van der Waals surface area contributed by atoms with Gasteiger partial charge in [0.1, 0.15) is 0 Å². The van der Waals surface area contributed by atoms with Crippen LogP contribution in [0.25, 0.3) is 0 Å². The maximum Gasteiger partial charge on any atom is 0.0302 e. The molecule has 1 atom stereocenters. The maximum atomic E-state index is 4.09. The van der Waals surface area contributed by atoms with E-state index >= 15 is 0 Å². The fourth-order valence-electron chi connectivity index (χ4n) is 1.66. The predicted molar refractivity (Wildman–Crippen MR) is 41.0 cm³/mol. The molecule has 0 saturated heterocycles. The molecule has 0 saturated carbocycles. The first-order valence-corrected chi connectivity index (χ1v) is 3.80. The second kappa shape index (κ2) is 2.08. The van der Waals surface area contributed by atoms with Crippen molar-refractivity contribution < 1.29 is 0 Å². The van der Waals surface area contributed by atoms with E-state index in [0.29, 0.717) is 0 Å². The first-order chi connectivity index (χ1) is 4.88. The van der Waals surface area contributed by atoms with Crippen molar-refractivity contribution in [1.29, 1.82) is 0 Å². The summed E-state index contributed by atoms with van der Waals surface area (Å²) in [6, 6.07) is 2.15. The molecule has 1 aliphatic carbocycles. The molecule has 52 valence electrons. The molecular formula is C9H11N. The third-order valence-corrected chi connectivity index (χ3v) is 2.32. The van der Waals surface area contributed by atoms with Crippen LogP contribution in [0.15, 0.2) is 18.5 Å². The van der Waals surface area contributed by atoms with Gasteiger partial charge in [0.2, 0.25) is 0 Å². The van der Waals surface area contributed by atoms with E-state index in [1.165, 1.54) is 24.0 Å². The lowest BCUT2D eigenvalue weighted by Crippen LogP contribution is -1.85. The van der Waals surface area contributed by atoms with Crippen molar-refractivity contribution >= 4 is 0 Å². The lowest BCUT2D eigenvalue weighted by Gasteiger charge is -2.00. The molecule has 0 bridgehead atoms. The third kappa shape index (κ3) is 0.737. The fourth-order valence-corrected chi connectivity index (χ4v) is 1.66. The Kier molecular flexibility index (Phi) is 1.23. The number of rotatable bonds is 0. The summed E-state index contributed by atoms with van der Waals surface area (Å²) in [5.74, 6) is 0.762. The SMILES string of the molecule is C[C@H]1CCc2cnccc21. The van der Waals surface area contributed by atoms with Crippen molar-refractivity contribution in [2.24, 2.45) is 0 Å². The van der Waals surface area contributed by atoms with Crippen molar-refractivity contribution in [2.75, 3.05) is 0 Å². The summed E-state index contributed by atoms with van der Waals surface area (Å²) in [6.45, 7) is 2.28. The van der Waals surface area contributed by atoms with Gasteiger partial charge in [0.15, 0.2) is 0 Å². The Morgan fingerprint density at radius 1 is 1.60 bits per heavy atom. The summed E-state index contributed by atoms with van der Waals surface area (Å²) in [5.41, 5.74) is 2.96. The standard InChI is InChI=1S/C9H11N/c1-7-2-3-8-6-10-5-4-9(7)8/h4-7H,2-3H2,1H3/t7-/m0/s1. The second-order valence-corrected chi connectivity index (χ2v) is 3.01. The van der Waals surface area contributed by atoms with Gasteiger partial charge in [0, 0.05) is 12.4 Å². The number of hydrogen-bond acceptors (Lipinski definition) is 1. The van der Waals surface area contributed by atoms with Gasteiger partial charge in [-0.2, -0.15) is 0 Å². The zero-order valence-corrected chi connectivity index (χ0v) is 6.17. The van der Waals surface area contributed by atoms with E-state index in [1.54, 1.807) is 0 Å². The summed E-state index contributed by atoms with van der Waals surface area (Å²) in [7, 11) is 0. The van der Waals surface area contributed by atoms with Crippen molar-refractivity contribution in [3.63, 3.8) is 0 Å². The van der Waals surface area contributed by atoms with Gasteiger partial charge in [-0.15, -0.1) is 0 Å². The second-order valence-electron chi connectivity index (χ2n) is 3.01. The average molecular weight is 133 g/mol. The van der Waals surface area contributed by atoms with Crippen LogP contribution in [0.4, 0.5) is 0 Å². The van der Waals surface area contributed by atoms with Gasteiger partial charge < -0.3 is 0 Å². The Morgan fingerprint density at radius 2 is 2.50 bits per heavy atom. The van der Waals surface area contributed by atoms with Gasteiger partial charge >= 0.3 is 0 Å². The zero-order valence-electron chi connectivity index (χ0n) is 6.17. The molecule has 10 heavy (non-hydrogen) atoms. The molecule has 1 aromatic heterocycles. The topological polar surface area (TPSA) is 12.9 Å². The Balaban J connectivity index is 2.51. The van der Waals surface area contributed by atoms with Crippen LogP contribution in [0.1, 0.15) is 30.4 Å². The van der Waals surface area contributed by atoms with Crippen molar-refractivity contribution in [3.8, 4) is 0 Å². The highest BCUT2D eigenvalue weighted by molar-refractivity contribution is 5.31. The third-order valence-electron chi connectivity index (χ3n) is 2.32. The van der Waals surface area contributed by atoms with Crippen LogP contribution >= 0.6 is 0 Å². The summed E-state index contributed by atoms with van der Waals surface area (Å²) in [5, 5.41) is 0. The monoisotopic (exact) mass is 133 g/mol. The summed E-state index contributed by atoms with van der Waals surface area (Å²) in [4.78, 5) is 4.09. The molecule has 0 amide bonds. The normalized spacial score (nSPS) is 22.7. The van der Waals surface area contributed by atoms with E-state index in [4.69, 9.17) is 0 Å². The van der Waals surface area contributed by atoms with Gasteiger partial charge in [-0.1, -0.05) is 6.92 Å². The van der Waals surface area contributed by atoms with Crippen LogP contribution in [0.5, 0.6) is 0 Å². The van der Waals surface area contributed by atoms with Crippen LogP contribution < -0.4 is 0 Å². The molecule has 1 heteroatoms. The van der Waals surface area contributed by atoms with E-state index in [1.807, 2.05) is 12.4 Å². The Bertz CT molecular complexity index is 242. The van der Waals surface area contributed by atoms with E-state index in [-0.39, 0.29) is 0 Å². The lowest BCUT2D eigenvalue weighted by molar-refractivity contribution is 0.747. The first kappa shape index (κ1) is 5.90. The number of hydrogen-bond donors (Lipinski definition) is 0. The molecule has 0 unspecified atom stereocenters. The van der Waals surface area contributed by atoms with Crippen LogP contribution in [-0.4, -0.2) is 4.98 Å². The fraction of sp³-hybridized carbons (Fsp3) is 0.444. The van der Waals surface area contributed by atoms with Crippen LogP contribution in [-0.2, 0) is 6.42 Å². The molecule has 1 aromatic rings. The summed E-state index contributed by atoms with van der Waals surface area (Å²) < 4.78 is 0. The molecular weight excluding hydrogens is 122 g/mol. The Morgan fingerprint density at radius 3 is 3.30 bits per heavy atom. The summed E-state index contributed by atoms with van der Waals surface area (Å²) >= 11 is 0. The number of aromatic nitrogens is 1. The van der Waals surface area contributed by atoms with E-state index in [0.717, 1.165) is 5.92 Å². The molecule has 2 rings (SSSR count). The lowest BCUT2D eigenvalue weighted by atomic mass is 10.1. The molecule has 0 N–H and O–H groups in total. The van der Waals surface area contributed by atoms with Gasteiger partial charge in [-0.3, -0.25) is 4.98 Å². The molecule has 0 spiro atoms. The van der Waals surface area contributed by atoms with Crippen molar-refractivity contribution in [2.45, 2.75) is 25.7 Å². The highest BCUT2D eigenvalue weighted by Gasteiger charge is 2.16. The minimum absolute atomic E-state index is 0.762. The zero-order chi connectivity index (χ0) is 6.97. The van der Waals surface area contributed by atoms with Gasteiger partial charge in [0.05, 0.1) is 0 Å². The number of aryl methyl sites for hydroxylation is 1. The molecule has 1 heterocycles. The van der Waals surface area contributed by atoms with E-state index in [2.05, 4.69) is 18.0 Å². The molecule has 0 aliphatic heterocycles. The maximum absolute atomic E-state index is 4.09. The molecule has 0 fully saturated rings. The van der Waals surface area contributed by atoms with Crippen molar-refractivity contribution in [3.05, 3.63) is 29.6 Å². The number of fused-ring (bicyclic) bond motifs is 1. The average Bonchev–Trinajstić information content (AvgIpc) is 2.34. The van der Waals surface area contributed by atoms with Crippen LogP contribution in [0.2, 0.25) is 0 Å². The van der Waals surface area contributed by atoms with Crippen LogP contribution in [0, 0.1) is 0 Å². The first-order valence-electron chi connectivity index (χ1n) is 3.80. The largest absolute Gasteiger partial charge is 0.264 e. The predicted octanol–water partition coefficient (Wildman–Crippen LogP) is 2.13. The minimum Gasteiger partial charge on any atom is -0.264 e. The number of nitrogens with zero attached hydrogens (tertiary/aromatic N) is 1. The highest BCUT2D eigenvalue weighted by atomic mass is 14.6. The molecule has 0 aromatic carbocycles. The minimum atomic E-state index is 0.762. The van der Waals surface area contributed by atoms with Gasteiger partial charge in [0.25, 0.3) is 0 Å². The smallest absolute Gasteiger partial charge is 0.0302 e. The van der Waals surface area contributed by atoms with E-state index < -0.39 is 0 Å². The van der Waals surface area contributed by atoms with Crippen molar-refractivity contribution in [1.82, 2.24) is 4.98 Å². The quantitative estimate of drug-likeness (QED) is 0.528. The van der Waals surface area contributed by atoms with Gasteiger partial charge in [-0.25, -0.2) is 0 Å². The van der Waals surface area contributed by atoms with E-state index in [9.17, 15) is 0 Å². The Labute approximate surface area is 61.1 Å². The highest BCUT2D eigenvalue weighted by Crippen LogP contribution is 2.30. The molecule has 1 nitrogen and oxygen atoms in total. The number of pyridine rings is 1. The molecule has 0 radical (unpaired) electrons.